The third-order valence-corrected chi connectivity index (χ3v) is 2.60. The van der Waals surface area contributed by atoms with Crippen molar-refractivity contribution in [2.45, 2.75) is 0 Å². The lowest BCUT2D eigenvalue weighted by atomic mass is 10.2. The van der Waals surface area contributed by atoms with Gasteiger partial charge in [0.15, 0.2) is 16.9 Å². The van der Waals surface area contributed by atoms with E-state index in [0.29, 0.717) is 22.6 Å². The zero-order valence-electron chi connectivity index (χ0n) is 9.16. The molecule has 0 aliphatic heterocycles. The maximum atomic E-state index is 11.7. The summed E-state index contributed by atoms with van der Waals surface area (Å²) in [6.07, 6.45) is 4.73. The molecule has 0 aliphatic carbocycles. The van der Waals surface area contributed by atoms with E-state index in [2.05, 4.69) is 15.2 Å². The fraction of sp³-hybridized carbons (Fsp3) is 0. The van der Waals surface area contributed by atoms with Gasteiger partial charge in [-0.05, 0) is 12.1 Å². The Balaban J connectivity index is 2.34. The monoisotopic (exact) mass is 237 g/mol. The second-order valence-electron chi connectivity index (χ2n) is 3.70. The van der Waals surface area contributed by atoms with Crippen molar-refractivity contribution in [3.63, 3.8) is 0 Å². The Kier molecular flexibility index (Phi) is 2.17. The first-order chi connectivity index (χ1) is 8.79. The molecule has 3 heterocycles. The number of nitrogens with one attached hydrogen (secondary N) is 1. The van der Waals surface area contributed by atoms with Crippen molar-refractivity contribution in [2.24, 2.45) is 0 Å². The predicted molar refractivity (Wildman–Crippen MR) is 63.8 cm³/mol. The van der Waals surface area contributed by atoms with Crippen molar-refractivity contribution < 1.29 is 0 Å². The van der Waals surface area contributed by atoms with Gasteiger partial charge in [-0.2, -0.15) is 5.26 Å². The first kappa shape index (κ1) is 10.2. The highest BCUT2D eigenvalue weighted by Gasteiger charge is 2.11. The number of hydrogen-bond acceptors (Lipinski definition) is 4. The Bertz CT molecular complexity index is 824. The summed E-state index contributed by atoms with van der Waals surface area (Å²) in [7, 11) is 0. The minimum Gasteiger partial charge on any atom is -0.367 e. The van der Waals surface area contributed by atoms with Gasteiger partial charge in [0.25, 0.3) is 0 Å². The van der Waals surface area contributed by atoms with Crippen LogP contribution in [0.15, 0.2) is 41.6 Å². The molecule has 0 atom stereocenters. The fourth-order valence-corrected chi connectivity index (χ4v) is 1.73. The van der Waals surface area contributed by atoms with Crippen LogP contribution in [0.3, 0.4) is 0 Å². The Morgan fingerprint density at radius 2 is 2.17 bits per heavy atom. The molecule has 6 heteroatoms. The zero-order chi connectivity index (χ0) is 12.5. The molecular weight excluding hydrogens is 230 g/mol. The molecule has 0 saturated carbocycles. The number of rotatable bonds is 1. The average molecular weight is 237 g/mol. The molecule has 0 amide bonds. The van der Waals surface area contributed by atoms with E-state index in [1.165, 1.54) is 6.07 Å². The van der Waals surface area contributed by atoms with E-state index in [0.717, 1.165) is 0 Å². The third kappa shape index (κ3) is 1.46. The van der Waals surface area contributed by atoms with E-state index in [1.807, 2.05) is 6.07 Å². The number of nitriles is 1. The molecular formula is C12H7N5O. The molecule has 86 valence electrons. The summed E-state index contributed by atoms with van der Waals surface area (Å²) in [5.41, 5.74) is 1.34. The van der Waals surface area contributed by atoms with Crippen molar-refractivity contribution in [1.82, 2.24) is 19.6 Å². The summed E-state index contributed by atoms with van der Waals surface area (Å²) in [4.78, 5) is 14.6. The smallest absolute Gasteiger partial charge is 0.192 e. The first-order valence-electron chi connectivity index (χ1n) is 5.22. The molecule has 0 aliphatic rings. The molecule has 18 heavy (non-hydrogen) atoms. The molecule has 0 spiro atoms. The number of aromatic amines is 1. The normalized spacial score (nSPS) is 10.4. The summed E-state index contributed by atoms with van der Waals surface area (Å²) >= 11 is 0. The van der Waals surface area contributed by atoms with Crippen LogP contribution in [0, 0.1) is 11.3 Å². The molecule has 6 nitrogen and oxygen atoms in total. The van der Waals surface area contributed by atoms with Gasteiger partial charge in [0.2, 0.25) is 0 Å². The average Bonchev–Trinajstić information content (AvgIpc) is 2.82. The van der Waals surface area contributed by atoms with E-state index in [-0.39, 0.29) is 5.43 Å². The highest BCUT2D eigenvalue weighted by molar-refractivity contribution is 5.58. The van der Waals surface area contributed by atoms with Crippen LogP contribution >= 0.6 is 0 Å². The van der Waals surface area contributed by atoms with Crippen molar-refractivity contribution in [2.75, 3.05) is 0 Å². The van der Waals surface area contributed by atoms with Gasteiger partial charge in [0, 0.05) is 24.7 Å². The van der Waals surface area contributed by atoms with Crippen LogP contribution in [0.4, 0.5) is 0 Å². The van der Waals surface area contributed by atoms with Gasteiger partial charge in [0.05, 0.1) is 11.1 Å². The second kappa shape index (κ2) is 3.82. The molecule has 0 aromatic carbocycles. The van der Waals surface area contributed by atoms with Crippen LogP contribution in [0.1, 0.15) is 5.56 Å². The summed E-state index contributed by atoms with van der Waals surface area (Å²) < 4.78 is 1.63. The van der Waals surface area contributed by atoms with E-state index < -0.39 is 0 Å². The van der Waals surface area contributed by atoms with Crippen LogP contribution in [0.25, 0.3) is 17.0 Å². The summed E-state index contributed by atoms with van der Waals surface area (Å²) in [6.45, 7) is 0. The van der Waals surface area contributed by atoms with E-state index in [9.17, 15) is 4.79 Å². The van der Waals surface area contributed by atoms with Gasteiger partial charge in [-0.15, -0.1) is 10.2 Å². The zero-order valence-corrected chi connectivity index (χ0v) is 9.16. The molecule has 0 radical (unpaired) electrons. The molecule has 0 fully saturated rings. The highest BCUT2D eigenvalue weighted by Crippen LogP contribution is 2.14. The lowest BCUT2D eigenvalue weighted by Crippen LogP contribution is -2.05. The minimum atomic E-state index is -0.148. The van der Waals surface area contributed by atoms with Gasteiger partial charge in [0.1, 0.15) is 6.07 Å². The number of pyridine rings is 2. The first-order valence-corrected chi connectivity index (χ1v) is 5.22. The maximum absolute atomic E-state index is 11.7. The lowest BCUT2D eigenvalue weighted by molar-refractivity contribution is 1.10. The van der Waals surface area contributed by atoms with Crippen LogP contribution < -0.4 is 5.43 Å². The van der Waals surface area contributed by atoms with Crippen LogP contribution in [-0.4, -0.2) is 19.6 Å². The molecule has 0 unspecified atom stereocenters. The Morgan fingerprint density at radius 3 is 2.94 bits per heavy atom. The van der Waals surface area contributed by atoms with Crippen molar-refractivity contribution in [3.05, 3.63) is 52.6 Å². The number of aromatic nitrogens is 4. The fourth-order valence-electron chi connectivity index (χ4n) is 1.73. The number of hydrogen-bond donors (Lipinski definition) is 1. The highest BCUT2D eigenvalue weighted by atomic mass is 16.1. The Hall–Kier alpha value is -2.94. The molecule has 3 rings (SSSR count). The Labute approximate surface area is 101 Å². The van der Waals surface area contributed by atoms with Gasteiger partial charge in [-0.1, -0.05) is 0 Å². The SMILES string of the molecule is N#Cc1ccc2nnc(-c3c[nH]ccc3=O)n2c1. The standard InChI is InChI=1S/C12H7N5O/c13-5-8-1-2-11-15-16-12(17(11)7-8)9-6-14-4-3-10(9)18/h1-4,6-7H,(H,14,18). The van der Waals surface area contributed by atoms with Crippen molar-refractivity contribution in [1.29, 1.82) is 5.26 Å². The largest absolute Gasteiger partial charge is 0.367 e. The van der Waals surface area contributed by atoms with Gasteiger partial charge in [-0.25, -0.2) is 0 Å². The van der Waals surface area contributed by atoms with Crippen LogP contribution in [-0.2, 0) is 0 Å². The van der Waals surface area contributed by atoms with Crippen molar-refractivity contribution >= 4 is 5.65 Å². The molecule has 0 bridgehead atoms. The molecule has 1 N–H and O–H groups in total. The molecule has 0 saturated heterocycles. The second-order valence-corrected chi connectivity index (χ2v) is 3.70. The number of H-pyrrole nitrogens is 1. The topological polar surface area (TPSA) is 86.8 Å². The molecule has 3 aromatic rings. The predicted octanol–water partition coefficient (Wildman–Crippen LogP) is 0.956. The van der Waals surface area contributed by atoms with Crippen LogP contribution in [0.5, 0.6) is 0 Å². The summed E-state index contributed by atoms with van der Waals surface area (Å²) in [5, 5.41) is 16.8. The maximum Gasteiger partial charge on any atom is 0.192 e. The summed E-state index contributed by atoms with van der Waals surface area (Å²) in [6, 6.07) is 6.80. The van der Waals surface area contributed by atoms with Gasteiger partial charge < -0.3 is 4.98 Å². The van der Waals surface area contributed by atoms with E-state index in [1.54, 1.807) is 35.1 Å². The minimum absolute atomic E-state index is 0.148. The number of fused-ring (bicyclic) bond motifs is 1. The number of nitrogens with zero attached hydrogens (tertiary/aromatic N) is 4. The van der Waals surface area contributed by atoms with E-state index in [4.69, 9.17) is 5.26 Å². The van der Waals surface area contributed by atoms with Crippen molar-refractivity contribution in [3.8, 4) is 17.5 Å². The Morgan fingerprint density at radius 1 is 1.28 bits per heavy atom. The third-order valence-electron chi connectivity index (χ3n) is 2.60. The van der Waals surface area contributed by atoms with Crippen LogP contribution in [0.2, 0.25) is 0 Å². The quantitative estimate of drug-likeness (QED) is 0.682. The van der Waals surface area contributed by atoms with Gasteiger partial charge >= 0.3 is 0 Å². The van der Waals surface area contributed by atoms with Gasteiger partial charge in [-0.3, -0.25) is 9.20 Å². The molecule has 3 aromatic heterocycles. The van der Waals surface area contributed by atoms with E-state index >= 15 is 0 Å². The summed E-state index contributed by atoms with van der Waals surface area (Å²) in [5.74, 6) is 0.420. The lowest BCUT2D eigenvalue weighted by Gasteiger charge is -1.99.